The zero-order chi connectivity index (χ0) is 15.5. The van der Waals surface area contributed by atoms with Gasteiger partial charge in [-0.3, -0.25) is 0 Å². The molecule has 3 heteroatoms. The minimum atomic E-state index is -0.161. The number of anilines is 1. The standard InChI is InChI=1S/C19H22N2O/c1-13-6-8-15(9-7-13)14(2)20-19(22)21-18-11-10-16-4-3-5-17(16)12-18/h6-12,14H,3-5H2,1-2H3,(H2,20,21,22). The average molecular weight is 294 g/mol. The number of amides is 2. The van der Waals surface area contributed by atoms with Crippen LogP contribution in [0, 0.1) is 6.92 Å². The average Bonchev–Trinajstić information content (AvgIpc) is 2.95. The molecule has 1 atom stereocenters. The van der Waals surface area contributed by atoms with Gasteiger partial charge in [0.05, 0.1) is 6.04 Å². The Morgan fingerprint density at radius 3 is 2.55 bits per heavy atom. The molecule has 2 aromatic rings. The highest BCUT2D eigenvalue weighted by Gasteiger charge is 2.13. The Morgan fingerprint density at radius 1 is 1.05 bits per heavy atom. The molecule has 0 saturated carbocycles. The molecule has 2 amide bonds. The third-order valence-electron chi connectivity index (χ3n) is 4.28. The van der Waals surface area contributed by atoms with Gasteiger partial charge in [-0.05, 0) is 61.9 Å². The first-order valence-electron chi connectivity index (χ1n) is 7.88. The molecule has 0 spiro atoms. The van der Waals surface area contributed by atoms with E-state index in [1.807, 2.05) is 13.0 Å². The van der Waals surface area contributed by atoms with Crippen LogP contribution in [0.5, 0.6) is 0 Å². The number of hydrogen-bond donors (Lipinski definition) is 2. The van der Waals surface area contributed by atoms with Crippen molar-refractivity contribution in [3.63, 3.8) is 0 Å². The van der Waals surface area contributed by atoms with Crippen LogP contribution in [0.4, 0.5) is 10.5 Å². The maximum atomic E-state index is 12.1. The number of urea groups is 1. The van der Waals surface area contributed by atoms with Crippen molar-refractivity contribution in [1.82, 2.24) is 5.32 Å². The lowest BCUT2D eigenvalue weighted by atomic mass is 10.1. The first-order valence-corrected chi connectivity index (χ1v) is 7.88. The number of aryl methyl sites for hydroxylation is 3. The van der Waals surface area contributed by atoms with E-state index in [9.17, 15) is 4.79 Å². The van der Waals surface area contributed by atoms with E-state index in [2.05, 4.69) is 54.0 Å². The predicted molar refractivity (Wildman–Crippen MR) is 90.2 cm³/mol. The molecule has 3 rings (SSSR count). The van der Waals surface area contributed by atoms with Crippen molar-refractivity contribution in [2.24, 2.45) is 0 Å². The van der Waals surface area contributed by atoms with E-state index in [0.717, 1.165) is 24.1 Å². The van der Waals surface area contributed by atoms with Crippen molar-refractivity contribution in [3.8, 4) is 0 Å². The molecule has 0 radical (unpaired) electrons. The predicted octanol–water partition coefficient (Wildman–Crippen LogP) is 4.37. The van der Waals surface area contributed by atoms with E-state index in [1.54, 1.807) is 0 Å². The lowest BCUT2D eigenvalue weighted by molar-refractivity contribution is 0.249. The topological polar surface area (TPSA) is 41.1 Å². The fraction of sp³-hybridized carbons (Fsp3) is 0.316. The summed E-state index contributed by atoms with van der Waals surface area (Å²) in [6.45, 7) is 4.05. The normalized spacial score (nSPS) is 14.3. The molecular formula is C19H22N2O. The zero-order valence-electron chi connectivity index (χ0n) is 13.1. The monoisotopic (exact) mass is 294 g/mol. The molecule has 2 aromatic carbocycles. The molecule has 0 aromatic heterocycles. The fourth-order valence-electron chi connectivity index (χ4n) is 2.95. The Kier molecular flexibility index (Phi) is 4.14. The number of benzene rings is 2. The van der Waals surface area contributed by atoms with Crippen LogP contribution in [0.3, 0.4) is 0 Å². The summed E-state index contributed by atoms with van der Waals surface area (Å²) in [7, 11) is 0. The van der Waals surface area contributed by atoms with Crippen molar-refractivity contribution in [1.29, 1.82) is 0 Å². The molecule has 1 aliphatic carbocycles. The van der Waals surface area contributed by atoms with Crippen LogP contribution in [0.15, 0.2) is 42.5 Å². The fourth-order valence-corrected chi connectivity index (χ4v) is 2.95. The van der Waals surface area contributed by atoms with Gasteiger partial charge in [0.1, 0.15) is 0 Å². The highest BCUT2D eigenvalue weighted by molar-refractivity contribution is 5.89. The maximum absolute atomic E-state index is 12.1. The van der Waals surface area contributed by atoms with Crippen LogP contribution < -0.4 is 10.6 Å². The Labute approximate surface area is 131 Å². The van der Waals surface area contributed by atoms with Crippen molar-refractivity contribution in [3.05, 3.63) is 64.7 Å². The number of carbonyl (C=O) groups is 1. The molecule has 0 heterocycles. The summed E-state index contributed by atoms with van der Waals surface area (Å²) >= 11 is 0. The summed E-state index contributed by atoms with van der Waals surface area (Å²) in [4.78, 5) is 12.1. The Hall–Kier alpha value is -2.29. The second-order valence-corrected chi connectivity index (χ2v) is 6.07. The quantitative estimate of drug-likeness (QED) is 0.867. The van der Waals surface area contributed by atoms with Gasteiger partial charge in [0, 0.05) is 5.69 Å². The number of fused-ring (bicyclic) bond motifs is 1. The van der Waals surface area contributed by atoms with Crippen molar-refractivity contribution in [2.75, 3.05) is 5.32 Å². The molecule has 1 unspecified atom stereocenters. The van der Waals surface area contributed by atoms with E-state index in [4.69, 9.17) is 0 Å². The SMILES string of the molecule is Cc1ccc(C(C)NC(=O)Nc2ccc3c(c2)CCC3)cc1. The third kappa shape index (κ3) is 3.30. The van der Waals surface area contributed by atoms with E-state index < -0.39 is 0 Å². The van der Waals surface area contributed by atoms with E-state index in [1.165, 1.54) is 23.1 Å². The van der Waals surface area contributed by atoms with Crippen LogP contribution in [0.1, 0.15) is 41.6 Å². The number of carbonyl (C=O) groups excluding carboxylic acids is 1. The Balaban J connectivity index is 1.61. The summed E-state index contributed by atoms with van der Waals surface area (Å²) in [6, 6.07) is 14.3. The van der Waals surface area contributed by atoms with Gasteiger partial charge >= 0.3 is 6.03 Å². The van der Waals surface area contributed by atoms with Crippen LogP contribution in [0.2, 0.25) is 0 Å². The van der Waals surface area contributed by atoms with Crippen LogP contribution >= 0.6 is 0 Å². The molecule has 0 bridgehead atoms. The summed E-state index contributed by atoms with van der Waals surface area (Å²) in [5.74, 6) is 0. The first-order chi connectivity index (χ1) is 10.6. The minimum Gasteiger partial charge on any atom is -0.331 e. The van der Waals surface area contributed by atoms with Crippen molar-refractivity contribution >= 4 is 11.7 Å². The van der Waals surface area contributed by atoms with Gasteiger partial charge in [0.25, 0.3) is 0 Å². The Bertz CT molecular complexity index is 676. The largest absolute Gasteiger partial charge is 0.331 e. The van der Waals surface area contributed by atoms with Crippen LogP contribution in [-0.4, -0.2) is 6.03 Å². The molecule has 22 heavy (non-hydrogen) atoms. The van der Waals surface area contributed by atoms with E-state index in [-0.39, 0.29) is 12.1 Å². The molecule has 0 fully saturated rings. The summed E-state index contributed by atoms with van der Waals surface area (Å²) in [5, 5.41) is 5.92. The van der Waals surface area contributed by atoms with Crippen LogP contribution in [-0.2, 0) is 12.8 Å². The number of rotatable bonds is 3. The molecule has 1 aliphatic rings. The minimum absolute atomic E-state index is 0.0185. The molecule has 3 nitrogen and oxygen atoms in total. The third-order valence-corrected chi connectivity index (χ3v) is 4.28. The summed E-state index contributed by atoms with van der Waals surface area (Å²) in [5.41, 5.74) is 5.98. The van der Waals surface area contributed by atoms with Gasteiger partial charge in [0.15, 0.2) is 0 Å². The van der Waals surface area contributed by atoms with Crippen LogP contribution in [0.25, 0.3) is 0 Å². The molecule has 2 N–H and O–H groups in total. The molecule has 0 aliphatic heterocycles. The van der Waals surface area contributed by atoms with Gasteiger partial charge in [-0.15, -0.1) is 0 Å². The highest BCUT2D eigenvalue weighted by Crippen LogP contribution is 2.25. The van der Waals surface area contributed by atoms with Crippen molar-refractivity contribution in [2.45, 2.75) is 39.2 Å². The van der Waals surface area contributed by atoms with Gasteiger partial charge in [0.2, 0.25) is 0 Å². The summed E-state index contributed by atoms with van der Waals surface area (Å²) in [6.07, 6.45) is 3.49. The number of hydrogen-bond acceptors (Lipinski definition) is 1. The zero-order valence-corrected chi connectivity index (χ0v) is 13.1. The van der Waals surface area contributed by atoms with E-state index >= 15 is 0 Å². The van der Waals surface area contributed by atoms with Gasteiger partial charge in [-0.1, -0.05) is 35.9 Å². The van der Waals surface area contributed by atoms with Gasteiger partial charge in [-0.25, -0.2) is 4.79 Å². The van der Waals surface area contributed by atoms with Gasteiger partial charge < -0.3 is 10.6 Å². The Morgan fingerprint density at radius 2 is 1.77 bits per heavy atom. The van der Waals surface area contributed by atoms with E-state index in [0.29, 0.717) is 0 Å². The first kappa shape index (κ1) is 14.6. The molecule has 0 saturated heterocycles. The lowest BCUT2D eigenvalue weighted by Gasteiger charge is -2.15. The smallest absolute Gasteiger partial charge is 0.319 e. The summed E-state index contributed by atoms with van der Waals surface area (Å²) < 4.78 is 0. The lowest BCUT2D eigenvalue weighted by Crippen LogP contribution is -2.31. The van der Waals surface area contributed by atoms with Crippen molar-refractivity contribution < 1.29 is 4.79 Å². The second kappa shape index (κ2) is 6.22. The molecule has 114 valence electrons. The number of nitrogens with one attached hydrogen (secondary N) is 2. The highest BCUT2D eigenvalue weighted by atomic mass is 16.2. The molecular weight excluding hydrogens is 272 g/mol. The second-order valence-electron chi connectivity index (χ2n) is 6.07. The maximum Gasteiger partial charge on any atom is 0.319 e. The van der Waals surface area contributed by atoms with Gasteiger partial charge in [-0.2, -0.15) is 0 Å².